The monoisotopic (exact) mass is 257 g/mol. The number of hydrogen-bond donors (Lipinski definition) is 2. The van der Waals surface area contributed by atoms with Crippen molar-refractivity contribution >= 4 is 0 Å². The zero-order valence-electron chi connectivity index (χ0n) is 12.5. The second kappa shape index (κ2) is 7.46. The Morgan fingerprint density at radius 2 is 1.94 bits per heavy atom. The molecular formula is C15H31NO2. The Balaban J connectivity index is 2.01. The van der Waals surface area contributed by atoms with Gasteiger partial charge in [-0.05, 0) is 37.5 Å². The van der Waals surface area contributed by atoms with Crippen molar-refractivity contribution in [1.29, 1.82) is 0 Å². The van der Waals surface area contributed by atoms with E-state index in [1.165, 1.54) is 19.3 Å². The Bertz CT molecular complexity index is 227. The fourth-order valence-electron chi connectivity index (χ4n) is 2.56. The van der Waals surface area contributed by atoms with Crippen LogP contribution in [0.4, 0.5) is 0 Å². The van der Waals surface area contributed by atoms with Gasteiger partial charge in [-0.1, -0.05) is 27.2 Å². The van der Waals surface area contributed by atoms with Crippen molar-refractivity contribution in [2.45, 2.75) is 65.6 Å². The fraction of sp³-hybridized carbons (Fsp3) is 1.00. The van der Waals surface area contributed by atoms with E-state index < -0.39 is 0 Å². The van der Waals surface area contributed by atoms with E-state index in [0.29, 0.717) is 24.5 Å². The summed E-state index contributed by atoms with van der Waals surface area (Å²) in [7, 11) is 0. The van der Waals surface area contributed by atoms with Gasteiger partial charge in [-0.2, -0.15) is 0 Å². The highest BCUT2D eigenvalue weighted by Gasteiger charge is 2.31. The van der Waals surface area contributed by atoms with Crippen molar-refractivity contribution in [3.63, 3.8) is 0 Å². The van der Waals surface area contributed by atoms with Gasteiger partial charge in [0.25, 0.3) is 0 Å². The normalized spacial score (nSPS) is 21.7. The lowest BCUT2D eigenvalue weighted by Crippen LogP contribution is -2.41. The molecule has 0 aromatic carbocycles. The van der Waals surface area contributed by atoms with Gasteiger partial charge < -0.3 is 15.2 Å². The Hall–Kier alpha value is -0.120. The van der Waals surface area contributed by atoms with E-state index in [0.717, 1.165) is 13.0 Å². The molecular weight excluding hydrogens is 226 g/mol. The molecule has 0 amide bonds. The molecule has 1 fully saturated rings. The van der Waals surface area contributed by atoms with Crippen molar-refractivity contribution in [3.05, 3.63) is 0 Å². The molecule has 1 rings (SSSR count). The zero-order valence-corrected chi connectivity index (χ0v) is 12.5. The summed E-state index contributed by atoms with van der Waals surface area (Å²) in [5.74, 6) is 0.647. The van der Waals surface area contributed by atoms with Crippen LogP contribution < -0.4 is 5.32 Å². The minimum absolute atomic E-state index is 0.240. The molecule has 0 heterocycles. The van der Waals surface area contributed by atoms with Gasteiger partial charge >= 0.3 is 0 Å². The molecule has 18 heavy (non-hydrogen) atoms. The maximum atomic E-state index is 9.83. The molecule has 0 saturated heterocycles. The van der Waals surface area contributed by atoms with Crippen LogP contribution in [0, 0.1) is 11.3 Å². The Morgan fingerprint density at radius 3 is 2.44 bits per heavy atom. The molecule has 0 aliphatic heterocycles. The summed E-state index contributed by atoms with van der Waals surface area (Å²) in [5, 5.41) is 13.2. The van der Waals surface area contributed by atoms with Gasteiger partial charge in [0.15, 0.2) is 0 Å². The van der Waals surface area contributed by atoms with E-state index in [9.17, 15) is 5.11 Å². The van der Waals surface area contributed by atoms with E-state index in [2.05, 4.69) is 33.0 Å². The molecule has 0 bridgehead atoms. The first-order valence-electron chi connectivity index (χ1n) is 7.42. The largest absolute Gasteiger partial charge is 0.389 e. The van der Waals surface area contributed by atoms with Gasteiger partial charge in [0, 0.05) is 13.1 Å². The van der Waals surface area contributed by atoms with Crippen molar-refractivity contribution in [1.82, 2.24) is 5.32 Å². The molecule has 2 unspecified atom stereocenters. The Kier molecular flexibility index (Phi) is 6.61. The first kappa shape index (κ1) is 15.9. The topological polar surface area (TPSA) is 41.5 Å². The molecule has 1 aliphatic carbocycles. The van der Waals surface area contributed by atoms with E-state index in [4.69, 9.17) is 4.74 Å². The van der Waals surface area contributed by atoms with Gasteiger partial charge in [0.05, 0.1) is 18.8 Å². The third-order valence-electron chi connectivity index (χ3n) is 3.87. The van der Waals surface area contributed by atoms with Crippen LogP contribution in [-0.2, 0) is 4.74 Å². The van der Waals surface area contributed by atoms with Gasteiger partial charge in [0.2, 0.25) is 0 Å². The Labute approximate surface area is 112 Å². The third-order valence-corrected chi connectivity index (χ3v) is 3.87. The average Bonchev–Trinajstić information content (AvgIpc) is 2.23. The summed E-state index contributed by atoms with van der Waals surface area (Å²) >= 11 is 0. The van der Waals surface area contributed by atoms with Gasteiger partial charge in [-0.25, -0.2) is 0 Å². The van der Waals surface area contributed by atoms with Crippen LogP contribution in [0.3, 0.4) is 0 Å². The highest BCUT2D eigenvalue weighted by Crippen LogP contribution is 2.39. The molecule has 0 aromatic rings. The Morgan fingerprint density at radius 1 is 1.28 bits per heavy atom. The lowest BCUT2D eigenvalue weighted by atomic mass is 9.70. The molecule has 1 saturated carbocycles. The van der Waals surface area contributed by atoms with E-state index in [1.54, 1.807) is 0 Å². The van der Waals surface area contributed by atoms with E-state index >= 15 is 0 Å². The van der Waals surface area contributed by atoms with Gasteiger partial charge in [-0.15, -0.1) is 0 Å². The first-order chi connectivity index (χ1) is 8.41. The smallest absolute Gasteiger partial charge is 0.0897 e. The molecule has 2 N–H and O–H groups in total. The lowest BCUT2D eigenvalue weighted by molar-refractivity contribution is -0.00983. The summed E-state index contributed by atoms with van der Waals surface area (Å²) in [6, 6.07) is 0. The summed E-state index contributed by atoms with van der Waals surface area (Å²) < 4.78 is 5.65. The second-order valence-corrected chi connectivity index (χ2v) is 6.72. The predicted octanol–water partition coefficient (Wildman–Crippen LogP) is 2.58. The van der Waals surface area contributed by atoms with Gasteiger partial charge in [0.1, 0.15) is 0 Å². The lowest BCUT2D eigenvalue weighted by Gasteiger charge is -2.38. The van der Waals surface area contributed by atoms with Crippen LogP contribution in [-0.4, -0.2) is 37.0 Å². The number of rotatable bonds is 9. The van der Waals surface area contributed by atoms with Crippen LogP contribution in [0.15, 0.2) is 0 Å². The van der Waals surface area contributed by atoms with Crippen molar-refractivity contribution in [3.8, 4) is 0 Å². The summed E-state index contributed by atoms with van der Waals surface area (Å²) in [4.78, 5) is 0. The first-order valence-corrected chi connectivity index (χ1v) is 7.42. The number of hydrogen-bond acceptors (Lipinski definition) is 3. The molecule has 2 atom stereocenters. The number of nitrogens with one attached hydrogen (secondary N) is 1. The minimum atomic E-state index is -0.386. The number of ether oxygens (including phenoxy) is 1. The molecule has 3 heteroatoms. The predicted molar refractivity (Wildman–Crippen MR) is 75.7 cm³/mol. The van der Waals surface area contributed by atoms with Crippen molar-refractivity contribution < 1.29 is 9.84 Å². The quantitative estimate of drug-likeness (QED) is 0.667. The summed E-state index contributed by atoms with van der Waals surface area (Å²) in [6.07, 6.45) is 4.90. The molecule has 0 spiro atoms. The number of aliphatic hydroxyl groups is 1. The molecule has 1 aliphatic rings. The average molecular weight is 257 g/mol. The maximum Gasteiger partial charge on any atom is 0.0897 e. The molecule has 108 valence electrons. The summed E-state index contributed by atoms with van der Waals surface area (Å²) in [5.41, 5.74) is 0.478. The van der Waals surface area contributed by atoms with E-state index in [-0.39, 0.29) is 12.2 Å². The van der Waals surface area contributed by atoms with Crippen LogP contribution >= 0.6 is 0 Å². The van der Waals surface area contributed by atoms with Crippen LogP contribution in [0.2, 0.25) is 0 Å². The number of aliphatic hydroxyl groups excluding tert-OH is 1. The molecule has 3 nitrogen and oxygen atoms in total. The highest BCUT2D eigenvalue weighted by molar-refractivity contribution is 4.85. The highest BCUT2D eigenvalue weighted by atomic mass is 16.5. The standard InChI is InChI=1S/C15H31NO2/c1-12(2)8-13(3)18-10-14(17)9-16-11-15(4)6-5-7-15/h12-14,16-17H,5-11H2,1-4H3. The van der Waals surface area contributed by atoms with Crippen LogP contribution in [0.1, 0.15) is 53.4 Å². The van der Waals surface area contributed by atoms with Crippen LogP contribution in [0.25, 0.3) is 0 Å². The maximum absolute atomic E-state index is 9.83. The van der Waals surface area contributed by atoms with Gasteiger partial charge in [-0.3, -0.25) is 0 Å². The SMILES string of the molecule is CC(C)CC(C)OCC(O)CNCC1(C)CCC1. The van der Waals surface area contributed by atoms with E-state index in [1.807, 2.05) is 0 Å². The molecule has 0 radical (unpaired) electrons. The zero-order chi connectivity index (χ0) is 13.6. The minimum Gasteiger partial charge on any atom is -0.389 e. The van der Waals surface area contributed by atoms with Crippen LogP contribution in [0.5, 0.6) is 0 Å². The van der Waals surface area contributed by atoms with Crippen molar-refractivity contribution in [2.75, 3.05) is 19.7 Å². The third kappa shape index (κ3) is 6.17. The molecule has 0 aromatic heterocycles. The second-order valence-electron chi connectivity index (χ2n) is 6.72. The van der Waals surface area contributed by atoms with Crippen molar-refractivity contribution in [2.24, 2.45) is 11.3 Å². The fourth-order valence-corrected chi connectivity index (χ4v) is 2.56. The summed E-state index contributed by atoms with van der Waals surface area (Å²) in [6.45, 7) is 10.9.